The highest BCUT2D eigenvalue weighted by Crippen LogP contribution is 2.34. The number of benzene rings is 1. The van der Waals surface area contributed by atoms with Crippen LogP contribution in [0.2, 0.25) is 0 Å². The summed E-state index contributed by atoms with van der Waals surface area (Å²) < 4.78 is 12.4. The summed E-state index contributed by atoms with van der Waals surface area (Å²) in [4.78, 5) is 16.1. The van der Waals surface area contributed by atoms with Gasteiger partial charge in [-0.3, -0.25) is 0 Å². The van der Waals surface area contributed by atoms with E-state index in [2.05, 4.69) is 18.8 Å². The molecule has 0 amide bonds. The SMILES string of the molecule is COc1cc2nc(CC(C)C)n(C(C)C(=O)O)c2cc1OC. The molecule has 0 radical (unpaired) electrons. The van der Waals surface area contributed by atoms with E-state index in [1.54, 1.807) is 37.8 Å². The Labute approximate surface area is 129 Å². The molecule has 1 aromatic carbocycles. The third-order valence-corrected chi connectivity index (χ3v) is 3.60. The molecule has 0 aliphatic rings. The molecule has 0 aliphatic carbocycles. The number of fused-ring (bicyclic) bond motifs is 1. The van der Waals surface area contributed by atoms with Crippen LogP contribution in [0, 0.1) is 5.92 Å². The Bertz CT molecular complexity index is 691. The number of rotatable bonds is 6. The number of methoxy groups -OCH3 is 2. The number of hydrogen-bond donors (Lipinski definition) is 1. The molecule has 22 heavy (non-hydrogen) atoms. The summed E-state index contributed by atoms with van der Waals surface area (Å²) in [5.41, 5.74) is 1.45. The molecule has 0 spiro atoms. The van der Waals surface area contributed by atoms with E-state index >= 15 is 0 Å². The second-order valence-electron chi connectivity index (χ2n) is 5.71. The van der Waals surface area contributed by atoms with E-state index in [9.17, 15) is 9.90 Å². The third kappa shape index (κ3) is 2.86. The molecule has 1 atom stereocenters. The van der Waals surface area contributed by atoms with E-state index < -0.39 is 12.0 Å². The summed E-state index contributed by atoms with van der Waals surface area (Å²) in [7, 11) is 3.12. The molecule has 0 fully saturated rings. The van der Waals surface area contributed by atoms with Crippen LogP contribution in [0.25, 0.3) is 11.0 Å². The van der Waals surface area contributed by atoms with E-state index in [1.807, 2.05) is 0 Å². The molecule has 0 bridgehead atoms. The van der Waals surface area contributed by atoms with Crippen LogP contribution in [0.4, 0.5) is 0 Å². The first-order chi connectivity index (χ1) is 10.4. The number of carboxylic acids is 1. The molecule has 1 aromatic heterocycles. The van der Waals surface area contributed by atoms with Crippen molar-refractivity contribution >= 4 is 17.0 Å². The Balaban J connectivity index is 2.72. The molecule has 0 saturated carbocycles. The Kier molecular flexibility index (Phi) is 4.59. The minimum atomic E-state index is -0.890. The number of aromatic nitrogens is 2. The van der Waals surface area contributed by atoms with Gasteiger partial charge < -0.3 is 19.1 Å². The Morgan fingerprint density at radius 2 is 1.82 bits per heavy atom. The van der Waals surface area contributed by atoms with Gasteiger partial charge in [0.2, 0.25) is 0 Å². The lowest BCUT2D eigenvalue weighted by molar-refractivity contribution is -0.140. The molecular formula is C16H22N2O4. The average molecular weight is 306 g/mol. The van der Waals surface area contributed by atoms with Crippen molar-refractivity contribution in [1.82, 2.24) is 9.55 Å². The summed E-state index contributed by atoms with van der Waals surface area (Å²) in [5, 5.41) is 9.39. The highest BCUT2D eigenvalue weighted by Gasteiger charge is 2.23. The summed E-state index contributed by atoms with van der Waals surface area (Å²) >= 11 is 0. The van der Waals surface area contributed by atoms with E-state index in [0.29, 0.717) is 29.4 Å². The van der Waals surface area contributed by atoms with Gasteiger partial charge in [0.1, 0.15) is 11.9 Å². The van der Waals surface area contributed by atoms with Crippen molar-refractivity contribution in [3.63, 3.8) is 0 Å². The number of carboxylic acid groups (broad SMARTS) is 1. The number of imidazole rings is 1. The molecule has 2 aromatic rings. The maximum absolute atomic E-state index is 11.5. The summed E-state index contributed by atoms with van der Waals surface area (Å²) in [5.74, 6) is 1.39. The highest BCUT2D eigenvalue weighted by atomic mass is 16.5. The molecule has 1 unspecified atom stereocenters. The first-order valence-electron chi connectivity index (χ1n) is 7.24. The van der Waals surface area contributed by atoms with Crippen LogP contribution in [-0.4, -0.2) is 34.8 Å². The first-order valence-corrected chi connectivity index (χ1v) is 7.24. The smallest absolute Gasteiger partial charge is 0.326 e. The van der Waals surface area contributed by atoms with E-state index in [0.717, 1.165) is 11.3 Å². The second-order valence-corrected chi connectivity index (χ2v) is 5.71. The van der Waals surface area contributed by atoms with Crippen LogP contribution in [0.15, 0.2) is 12.1 Å². The minimum Gasteiger partial charge on any atom is -0.493 e. The lowest BCUT2D eigenvalue weighted by Crippen LogP contribution is -2.18. The lowest BCUT2D eigenvalue weighted by Gasteiger charge is -2.15. The van der Waals surface area contributed by atoms with Crippen LogP contribution in [0.5, 0.6) is 11.5 Å². The van der Waals surface area contributed by atoms with Crippen molar-refractivity contribution in [2.45, 2.75) is 33.2 Å². The van der Waals surface area contributed by atoms with Crippen LogP contribution in [0.1, 0.15) is 32.6 Å². The normalized spacial score (nSPS) is 12.6. The van der Waals surface area contributed by atoms with Gasteiger partial charge in [-0.05, 0) is 12.8 Å². The maximum Gasteiger partial charge on any atom is 0.326 e. The minimum absolute atomic E-state index is 0.375. The molecule has 6 heteroatoms. The first kappa shape index (κ1) is 16.1. The Hall–Kier alpha value is -2.24. The molecule has 1 N–H and O–H groups in total. The lowest BCUT2D eigenvalue weighted by atomic mass is 10.1. The average Bonchev–Trinajstić information content (AvgIpc) is 2.80. The van der Waals surface area contributed by atoms with Crippen molar-refractivity contribution < 1.29 is 19.4 Å². The van der Waals surface area contributed by atoms with Crippen molar-refractivity contribution in [3.8, 4) is 11.5 Å². The number of nitrogens with zero attached hydrogens (tertiary/aromatic N) is 2. The van der Waals surface area contributed by atoms with Gasteiger partial charge in [-0.2, -0.15) is 0 Å². The van der Waals surface area contributed by atoms with Crippen molar-refractivity contribution in [2.75, 3.05) is 14.2 Å². The Morgan fingerprint density at radius 1 is 1.23 bits per heavy atom. The van der Waals surface area contributed by atoms with Crippen LogP contribution in [-0.2, 0) is 11.2 Å². The molecular weight excluding hydrogens is 284 g/mol. The van der Waals surface area contributed by atoms with E-state index in [-0.39, 0.29) is 0 Å². The van der Waals surface area contributed by atoms with Crippen LogP contribution in [0.3, 0.4) is 0 Å². The van der Waals surface area contributed by atoms with E-state index in [4.69, 9.17) is 9.47 Å². The monoisotopic (exact) mass is 306 g/mol. The van der Waals surface area contributed by atoms with Gasteiger partial charge in [0, 0.05) is 18.6 Å². The van der Waals surface area contributed by atoms with Crippen LogP contribution < -0.4 is 9.47 Å². The van der Waals surface area contributed by atoms with Gasteiger partial charge >= 0.3 is 5.97 Å². The molecule has 120 valence electrons. The largest absolute Gasteiger partial charge is 0.493 e. The van der Waals surface area contributed by atoms with Gasteiger partial charge in [-0.25, -0.2) is 9.78 Å². The predicted octanol–water partition coefficient (Wildman–Crippen LogP) is 2.90. The Morgan fingerprint density at radius 3 is 2.32 bits per heavy atom. The topological polar surface area (TPSA) is 73.6 Å². The maximum atomic E-state index is 11.5. The molecule has 0 saturated heterocycles. The zero-order chi connectivity index (χ0) is 16.4. The van der Waals surface area contributed by atoms with Gasteiger partial charge in [0.25, 0.3) is 0 Å². The summed E-state index contributed by atoms with van der Waals surface area (Å²) in [6.07, 6.45) is 0.705. The third-order valence-electron chi connectivity index (χ3n) is 3.60. The van der Waals surface area contributed by atoms with Crippen molar-refractivity contribution in [2.24, 2.45) is 5.92 Å². The van der Waals surface area contributed by atoms with Crippen molar-refractivity contribution in [3.05, 3.63) is 18.0 Å². The second kappa shape index (κ2) is 6.25. The van der Waals surface area contributed by atoms with Crippen LogP contribution >= 0.6 is 0 Å². The number of ether oxygens (including phenoxy) is 2. The zero-order valence-electron chi connectivity index (χ0n) is 13.6. The quantitative estimate of drug-likeness (QED) is 0.888. The van der Waals surface area contributed by atoms with E-state index in [1.165, 1.54) is 0 Å². The fraction of sp³-hybridized carbons (Fsp3) is 0.500. The zero-order valence-corrected chi connectivity index (χ0v) is 13.6. The molecule has 6 nitrogen and oxygen atoms in total. The standard InChI is InChI=1S/C16H22N2O4/c1-9(2)6-15-17-11-7-13(21-4)14(22-5)8-12(11)18(15)10(3)16(19)20/h7-10H,6H2,1-5H3,(H,19,20). The highest BCUT2D eigenvalue weighted by molar-refractivity contribution is 5.83. The van der Waals surface area contributed by atoms with Gasteiger partial charge in [-0.15, -0.1) is 0 Å². The van der Waals surface area contributed by atoms with Crippen molar-refractivity contribution in [1.29, 1.82) is 0 Å². The van der Waals surface area contributed by atoms with Gasteiger partial charge in [-0.1, -0.05) is 13.8 Å². The fourth-order valence-electron chi connectivity index (χ4n) is 2.52. The molecule has 1 heterocycles. The number of carbonyl (C=O) groups is 1. The fourth-order valence-corrected chi connectivity index (χ4v) is 2.52. The predicted molar refractivity (Wildman–Crippen MR) is 83.7 cm³/mol. The molecule has 2 rings (SSSR count). The number of hydrogen-bond acceptors (Lipinski definition) is 4. The van der Waals surface area contributed by atoms with Gasteiger partial charge in [0.05, 0.1) is 25.3 Å². The molecule has 0 aliphatic heterocycles. The van der Waals surface area contributed by atoms with Gasteiger partial charge in [0.15, 0.2) is 11.5 Å². The summed E-state index contributed by atoms with van der Waals surface area (Å²) in [6, 6.07) is 2.87. The summed E-state index contributed by atoms with van der Waals surface area (Å²) in [6.45, 7) is 5.82. The number of aliphatic carboxylic acids is 1.